The van der Waals surface area contributed by atoms with Gasteiger partial charge in [-0.05, 0) is 32.4 Å². The van der Waals surface area contributed by atoms with E-state index >= 15 is 0 Å². The highest BCUT2D eigenvalue weighted by Gasteiger charge is 2.40. The highest BCUT2D eigenvalue weighted by Crippen LogP contribution is 2.46. The van der Waals surface area contributed by atoms with Crippen molar-refractivity contribution in [2.24, 2.45) is 5.92 Å². The summed E-state index contributed by atoms with van der Waals surface area (Å²) in [6.45, 7) is 4.51. The fourth-order valence-electron chi connectivity index (χ4n) is 2.37. The zero-order chi connectivity index (χ0) is 14.8. The standard InChI is InChI=1S/C16H19N3O2/c1-10-7-17-11(2)19-16(10)21-9-12-6-14(12)15-5-4-13(20-3)8-18-15/h4-5,7-8,12,14H,6,9H2,1-3H3. The largest absolute Gasteiger partial charge is 0.495 e. The van der Waals surface area contributed by atoms with Gasteiger partial charge in [-0.1, -0.05) is 0 Å². The lowest BCUT2D eigenvalue weighted by Crippen LogP contribution is -2.05. The fourth-order valence-corrected chi connectivity index (χ4v) is 2.37. The number of hydrogen-bond donors (Lipinski definition) is 0. The molecule has 1 aliphatic rings. The number of ether oxygens (including phenoxy) is 2. The molecule has 2 aromatic rings. The Morgan fingerprint density at radius 1 is 1.19 bits per heavy atom. The van der Waals surface area contributed by atoms with Gasteiger partial charge in [-0.3, -0.25) is 4.98 Å². The monoisotopic (exact) mass is 285 g/mol. The van der Waals surface area contributed by atoms with Crippen LogP contribution in [0.1, 0.15) is 29.4 Å². The van der Waals surface area contributed by atoms with E-state index in [1.807, 2.05) is 26.0 Å². The molecule has 2 unspecified atom stereocenters. The molecular formula is C16H19N3O2. The van der Waals surface area contributed by atoms with Crippen LogP contribution in [0.5, 0.6) is 11.6 Å². The third kappa shape index (κ3) is 3.12. The summed E-state index contributed by atoms with van der Waals surface area (Å²) in [4.78, 5) is 12.9. The molecule has 110 valence electrons. The van der Waals surface area contributed by atoms with E-state index in [0.29, 0.717) is 24.3 Å². The smallest absolute Gasteiger partial charge is 0.219 e. The number of rotatable bonds is 5. The van der Waals surface area contributed by atoms with Crippen molar-refractivity contribution in [1.82, 2.24) is 15.0 Å². The molecule has 3 rings (SSSR count). The molecule has 1 saturated carbocycles. The summed E-state index contributed by atoms with van der Waals surface area (Å²) >= 11 is 0. The summed E-state index contributed by atoms with van der Waals surface area (Å²) in [5.74, 6) is 3.22. The lowest BCUT2D eigenvalue weighted by atomic mass is 10.2. The van der Waals surface area contributed by atoms with Crippen molar-refractivity contribution in [2.75, 3.05) is 13.7 Å². The first kappa shape index (κ1) is 13.8. The van der Waals surface area contributed by atoms with Crippen molar-refractivity contribution >= 4 is 0 Å². The first-order valence-electron chi connectivity index (χ1n) is 7.10. The third-order valence-electron chi connectivity index (χ3n) is 3.78. The molecule has 1 fully saturated rings. The molecule has 5 heteroatoms. The molecule has 0 amide bonds. The molecule has 0 radical (unpaired) electrons. The molecule has 0 aliphatic heterocycles. The number of pyridine rings is 1. The molecule has 21 heavy (non-hydrogen) atoms. The van der Waals surface area contributed by atoms with Gasteiger partial charge in [0.1, 0.15) is 11.6 Å². The molecule has 0 N–H and O–H groups in total. The zero-order valence-electron chi connectivity index (χ0n) is 12.5. The summed E-state index contributed by atoms with van der Waals surface area (Å²) in [5, 5.41) is 0. The van der Waals surface area contributed by atoms with E-state index in [1.165, 1.54) is 0 Å². The van der Waals surface area contributed by atoms with Gasteiger partial charge >= 0.3 is 0 Å². The molecule has 2 aromatic heterocycles. The summed E-state index contributed by atoms with van der Waals surface area (Å²) in [7, 11) is 1.65. The van der Waals surface area contributed by atoms with Crippen molar-refractivity contribution in [3.05, 3.63) is 41.6 Å². The van der Waals surface area contributed by atoms with Crippen molar-refractivity contribution in [3.63, 3.8) is 0 Å². The van der Waals surface area contributed by atoms with Crippen molar-refractivity contribution in [2.45, 2.75) is 26.2 Å². The molecule has 5 nitrogen and oxygen atoms in total. The maximum atomic E-state index is 5.83. The van der Waals surface area contributed by atoms with Gasteiger partial charge in [0.2, 0.25) is 5.88 Å². The van der Waals surface area contributed by atoms with Gasteiger partial charge in [-0.25, -0.2) is 4.98 Å². The highest BCUT2D eigenvalue weighted by atomic mass is 16.5. The Morgan fingerprint density at radius 3 is 2.76 bits per heavy atom. The molecule has 0 spiro atoms. The first-order valence-corrected chi connectivity index (χ1v) is 7.10. The topological polar surface area (TPSA) is 57.1 Å². The maximum Gasteiger partial charge on any atom is 0.219 e. The normalized spacial score (nSPS) is 20.1. The molecule has 2 atom stereocenters. The molecular weight excluding hydrogens is 266 g/mol. The lowest BCUT2D eigenvalue weighted by Gasteiger charge is -2.08. The van der Waals surface area contributed by atoms with E-state index in [2.05, 4.69) is 15.0 Å². The predicted molar refractivity (Wildman–Crippen MR) is 78.6 cm³/mol. The van der Waals surface area contributed by atoms with Crippen LogP contribution in [0, 0.1) is 19.8 Å². The van der Waals surface area contributed by atoms with Crippen LogP contribution in [0.2, 0.25) is 0 Å². The Morgan fingerprint density at radius 2 is 2.05 bits per heavy atom. The average Bonchev–Trinajstić information content (AvgIpc) is 3.28. The SMILES string of the molecule is COc1ccc(C2CC2COc2nc(C)ncc2C)nc1. The van der Waals surface area contributed by atoms with Crippen LogP contribution in [0.25, 0.3) is 0 Å². The molecule has 0 saturated heterocycles. The second-order valence-electron chi connectivity index (χ2n) is 5.44. The summed E-state index contributed by atoms with van der Waals surface area (Å²) in [6, 6.07) is 3.99. The zero-order valence-corrected chi connectivity index (χ0v) is 12.5. The van der Waals surface area contributed by atoms with E-state index in [9.17, 15) is 0 Å². The summed E-state index contributed by atoms with van der Waals surface area (Å²) in [6.07, 6.45) is 4.68. The molecule has 0 bridgehead atoms. The van der Waals surface area contributed by atoms with Crippen LogP contribution in [0.4, 0.5) is 0 Å². The van der Waals surface area contributed by atoms with Gasteiger partial charge in [0.05, 0.1) is 19.9 Å². The van der Waals surface area contributed by atoms with E-state index in [-0.39, 0.29) is 0 Å². The second-order valence-corrected chi connectivity index (χ2v) is 5.44. The Labute approximate surface area is 124 Å². The van der Waals surface area contributed by atoms with Gasteiger partial charge in [0.15, 0.2) is 0 Å². The Balaban J connectivity index is 1.57. The van der Waals surface area contributed by atoms with Crippen LogP contribution in [-0.4, -0.2) is 28.7 Å². The van der Waals surface area contributed by atoms with Crippen molar-refractivity contribution in [1.29, 1.82) is 0 Å². The van der Waals surface area contributed by atoms with Crippen LogP contribution in [0.15, 0.2) is 24.5 Å². The third-order valence-corrected chi connectivity index (χ3v) is 3.78. The molecule has 1 aliphatic carbocycles. The van der Waals surface area contributed by atoms with E-state index < -0.39 is 0 Å². The maximum absolute atomic E-state index is 5.83. The van der Waals surface area contributed by atoms with Gasteiger partial charge in [0.25, 0.3) is 0 Å². The van der Waals surface area contributed by atoms with Gasteiger partial charge < -0.3 is 9.47 Å². The number of aromatic nitrogens is 3. The van der Waals surface area contributed by atoms with E-state index in [1.54, 1.807) is 19.5 Å². The summed E-state index contributed by atoms with van der Waals surface area (Å²) < 4.78 is 11.0. The quantitative estimate of drug-likeness (QED) is 0.845. The number of hydrogen-bond acceptors (Lipinski definition) is 5. The highest BCUT2D eigenvalue weighted by molar-refractivity contribution is 5.26. The van der Waals surface area contributed by atoms with Gasteiger partial charge in [0, 0.05) is 29.3 Å². The van der Waals surface area contributed by atoms with Crippen molar-refractivity contribution in [3.8, 4) is 11.6 Å². The average molecular weight is 285 g/mol. The van der Waals surface area contributed by atoms with Crippen LogP contribution in [-0.2, 0) is 0 Å². The second kappa shape index (κ2) is 5.68. The minimum absolute atomic E-state index is 0.485. The Bertz CT molecular complexity index is 628. The van der Waals surface area contributed by atoms with Gasteiger partial charge in [-0.2, -0.15) is 4.98 Å². The van der Waals surface area contributed by atoms with Crippen LogP contribution < -0.4 is 9.47 Å². The number of methoxy groups -OCH3 is 1. The first-order chi connectivity index (χ1) is 10.2. The molecule has 0 aromatic carbocycles. The Hall–Kier alpha value is -2.17. The van der Waals surface area contributed by atoms with Gasteiger partial charge in [-0.15, -0.1) is 0 Å². The van der Waals surface area contributed by atoms with Crippen molar-refractivity contribution < 1.29 is 9.47 Å². The predicted octanol–water partition coefficient (Wildman–Crippen LogP) is 2.68. The Kier molecular flexibility index (Phi) is 3.73. The lowest BCUT2D eigenvalue weighted by molar-refractivity contribution is 0.282. The van der Waals surface area contributed by atoms with E-state index in [0.717, 1.165) is 29.3 Å². The summed E-state index contributed by atoms with van der Waals surface area (Å²) in [5.41, 5.74) is 2.08. The molecule has 2 heterocycles. The van der Waals surface area contributed by atoms with Crippen LogP contribution >= 0.6 is 0 Å². The van der Waals surface area contributed by atoms with E-state index in [4.69, 9.17) is 9.47 Å². The van der Waals surface area contributed by atoms with Crippen LogP contribution in [0.3, 0.4) is 0 Å². The minimum atomic E-state index is 0.485. The number of nitrogens with zero attached hydrogens (tertiary/aromatic N) is 3. The number of aryl methyl sites for hydroxylation is 2. The fraction of sp³-hybridized carbons (Fsp3) is 0.438. The minimum Gasteiger partial charge on any atom is -0.495 e.